The van der Waals surface area contributed by atoms with E-state index in [0.717, 1.165) is 31.9 Å². The van der Waals surface area contributed by atoms with Crippen LogP contribution in [0.4, 0.5) is 0 Å². The van der Waals surface area contributed by atoms with Gasteiger partial charge in [-0.25, -0.2) is 8.42 Å². The number of carbonyl (C=O) groups is 2. The monoisotopic (exact) mass is 328 g/mol. The number of carbonyl (C=O) groups excluding carboxylic acids is 2. The van der Waals surface area contributed by atoms with Gasteiger partial charge in [-0.05, 0) is 32.1 Å². The highest BCUT2D eigenvalue weighted by Crippen LogP contribution is 2.58. The van der Waals surface area contributed by atoms with Gasteiger partial charge in [0, 0.05) is 43.1 Å². The predicted molar refractivity (Wildman–Crippen MR) is 81.8 cm³/mol. The Morgan fingerprint density at radius 2 is 2.05 bits per heavy atom. The summed E-state index contributed by atoms with van der Waals surface area (Å²) in [5, 5.41) is 3.10. The third kappa shape index (κ3) is 3.29. The van der Waals surface area contributed by atoms with Crippen LogP contribution in [0.5, 0.6) is 0 Å². The number of hydrogen-bond acceptors (Lipinski definition) is 4. The van der Waals surface area contributed by atoms with Crippen molar-refractivity contribution in [2.45, 2.75) is 44.6 Å². The first-order valence-corrected chi connectivity index (χ1v) is 10.1. The zero-order valence-corrected chi connectivity index (χ0v) is 13.8. The Bertz CT molecular complexity index is 584. The third-order valence-electron chi connectivity index (χ3n) is 5.38. The molecule has 0 aromatic carbocycles. The molecule has 3 rings (SSSR count). The molecular weight excluding hydrogens is 304 g/mol. The highest BCUT2D eigenvalue weighted by Gasteiger charge is 2.61. The van der Waals surface area contributed by atoms with E-state index >= 15 is 0 Å². The quantitative estimate of drug-likeness (QED) is 0.788. The van der Waals surface area contributed by atoms with Crippen LogP contribution >= 0.6 is 0 Å². The molecule has 7 heteroatoms. The van der Waals surface area contributed by atoms with Crippen molar-refractivity contribution in [1.29, 1.82) is 0 Å². The maximum absolute atomic E-state index is 12.2. The molecule has 0 aromatic heterocycles. The van der Waals surface area contributed by atoms with Gasteiger partial charge >= 0.3 is 0 Å². The van der Waals surface area contributed by atoms with E-state index in [1.165, 1.54) is 6.42 Å². The normalized spacial score (nSPS) is 31.1. The standard InChI is InChI=1S/C15H24N2O4S/c1-22(20,21)8-5-13(18)17-7-6-15(10-17)9-12(15)14(19)16-11-3-2-4-11/h11-12H,2-10H2,1H3,(H,16,19). The van der Waals surface area contributed by atoms with Gasteiger partial charge in [0.25, 0.3) is 0 Å². The summed E-state index contributed by atoms with van der Waals surface area (Å²) in [4.78, 5) is 26.0. The number of nitrogens with zero attached hydrogens (tertiary/aromatic N) is 1. The van der Waals surface area contributed by atoms with Crippen LogP contribution in [-0.4, -0.2) is 56.3 Å². The van der Waals surface area contributed by atoms with Gasteiger partial charge < -0.3 is 10.2 Å². The first kappa shape index (κ1) is 15.8. The topological polar surface area (TPSA) is 83.6 Å². The number of nitrogens with one attached hydrogen (secondary N) is 1. The van der Waals surface area contributed by atoms with Crippen molar-refractivity contribution in [3.8, 4) is 0 Å². The molecule has 0 bridgehead atoms. The van der Waals surface area contributed by atoms with Gasteiger partial charge in [-0.1, -0.05) is 0 Å². The van der Waals surface area contributed by atoms with Crippen molar-refractivity contribution in [3.63, 3.8) is 0 Å². The fourth-order valence-electron chi connectivity index (χ4n) is 3.56. The van der Waals surface area contributed by atoms with E-state index in [0.29, 0.717) is 19.1 Å². The van der Waals surface area contributed by atoms with Crippen LogP contribution in [0, 0.1) is 11.3 Å². The minimum absolute atomic E-state index is 0.0332. The van der Waals surface area contributed by atoms with Gasteiger partial charge in [0.1, 0.15) is 9.84 Å². The molecule has 124 valence electrons. The Morgan fingerprint density at radius 1 is 1.32 bits per heavy atom. The molecular formula is C15H24N2O4S. The van der Waals surface area contributed by atoms with E-state index in [-0.39, 0.29) is 35.3 Å². The highest BCUT2D eigenvalue weighted by atomic mass is 32.2. The van der Waals surface area contributed by atoms with E-state index < -0.39 is 9.84 Å². The summed E-state index contributed by atoms with van der Waals surface area (Å²) in [5.41, 5.74) is -0.0332. The molecule has 1 aliphatic heterocycles. The van der Waals surface area contributed by atoms with E-state index in [4.69, 9.17) is 0 Å². The van der Waals surface area contributed by atoms with E-state index in [1.54, 1.807) is 4.90 Å². The number of likely N-dealkylation sites (tertiary alicyclic amines) is 1. The molecule has 2 aliphatic carbocycles. The van der Waals surface area contributed by atoms with Crippen LogP contribution in [0.2, 0.25) is 0 Å². The van der Waals surface area contributed by atoms with Crippen LogP contribution in [0.3, 0.4) is 0 Å². The molecule has 3 fully saturated rings. The Hall–Kier alpha value is -1.11. The maximum atomic E-state index is 12.2. The van der Waals surface area contributed by atoms with Gasteiger partial charge in [-0.3, -0.25) is 9.59 Å². The summed E-state index contributed by atoms with van der Waals surface area (Å²) in [5.74, 6) is -0.00992. The maximum Gasteiger partial charge on any atom is 0.223 e. The smallest absolute Gasteiger partial charge is 0.223 e. The lowest BCUT2D eigenvalue weighted by Crippen LogP contribution is -2.41. The van der Waals surface area contributed by atoms with E-state index in [9.17, 15) is 18.0 Å². The van der Waals surface area contributed by atoms with Gasteiger partial charge in [0.2, 0.25) is 11.8 Å². The predicted octanol–water partition coefficient (Wildman–Crippen LogP) is 0.328. The molecule has 0 aromatic rings. The molecule has 3 aliphatic rings. The van der Waals surface area contributed by atoms with E-state index in [2.05, 4.69) is 5.32 Å². The molecule has 1 saturated heterocycles. The minimum Gasteiger partial charge on any atom is -0.353 e. The Balaban J connectivity index is 1.48. The molecule has 1 spiro atoms. The molecule has 22 heavy (non-hydrogen) atoms. The fraction of sp³-hybridized carbons (Fsp3) is 0.867. The molecule has 1 heterocycles. The number of sulfone groups is 1. The second-order valence-electron chi connectivity index (χ2n) is 7.20. The van der Waals surface area contributed by atoms with Crippen molar-refractivity contribution in [2.24, 2.45) is 11.3 Å². The van der Waals surface area contributed by atoms with Crippen LogP contribution < -0.4 is 5.32 Å². The second-order valence-corrected chi connectivity index (χ2v) is 9.46. The number of amides is 2. The van der Waals surface area contributed by atoms with E-state index in [1.807, 2.05) is 0 Å². The average Bonchev–Trinajstić information content (AvgIpc) is 2.91. The number of hydrogen-bond donors (Lipinski definition) is 1. The summed E-state index contributed by atoms with van der Waals surface area (Å²) in [7, 11) is -3.11. The SMILES string of the molecule is CS(=O)(=O)CCC(=O)N1CCC2(CC2C(=O)NC2CCC2)C1. The molecule has 1 N–H and O–H groups in total. The van der Waals surface area contributed by atoms with Crippen molar-refractivity contribution in [1.82, 2.24) is 10.2 Å². The summed E-state index contributed by atoms with van der Waals surface area (Å²) in [6.45, 7) is 1.26. The molecule has 2 amide bonds. The summed E-state index contributed by atoms with van der Waals surface area (Å²) < 4.78 is 22.3. The Morgan fingerprint density at radius 3 is 2.64 bits per heavy atom. The fourth-order valence-corrected chi connectivity index (χ4v) is 4.11. The number of rotatable bonds is 5. The molecule has 2 unspecified atom stereocenters. The van der Waals surface area contributed by atoms with Crippen molar-refractivity contribution < 1.29 is 18.0 Å². The molecule has 2 saturated carbocycles. The Labute approximate surface area is 131 Å². The lowest BCUT2D eigenvalue weighted by atomic mass is 9.92. The van der Waals surface area contributed by atoms with Crippen LogP contribution in [0.1, 0.15) is 38.5 Å². The van der Waals surface area contributed by atoms with Crippen molar-refractivity contribution in [3.05, 3.63) is 0 Å². The van der Waals surface area contributed by atoms with Crippen molar-refractivity contribution >= 4 is 21.7 Å². The largest absolute Gasteiger partial charge is 0.353 e. The van der Waals surface area contributed by atoms with Gasteiger partial charge in [0.05, 0.1) is 5.75 Å². The average molecular weight is 328 g/mol. The van der Waals surface area contributed by atoms with Crippen LogP contribution in [0.25, 0.3) is 0 Å². The second kappa shape index (κ2) is 5.51. The van der Waals surface area contributed by atoms with Gasteiger partial charge in [-0.2, -0.15) is 0 Å². The summed E-state index contributed by atoms with van der Waals surface area (Å²) in [6.07, 6.45) is 6.29. The molecule has 6 nitrogen and oxygen atoms in total. The van der Waals surface area contributed by atoms with Crippen LogP contribution in [-0.2, 0) is 19.4 Å². The summed E-state index contributed by atoms with van der Waals surface area (Å²) in [6, 6.07) is 0.360. The molecule has 0 radical (unpaired) electrons. The van der Waals surface area contributed by atoms with Crippen molar-refractivity contribution in [2.75, 3.05) is 25.1 Å². The minimum atomic E-state index is -3.11. The van der Waals surface area contributed by atoms with Gasteiger partial charge in [-0.15, -0.1) is 0 Å². The van der Waals surface area contributed by atoms with Gasteiger partial charge in [0.15, 0.2) is 0 Å². The zero-order valence-electron chi connectivity index (χ0n) is 13.0. The lowest BCUT2D eigenvalue weighted by Gasteiger charge is -2.26. The first-order valence-electron chi connectivity index (χ1n) is 8.05. The van der Waals surface area contributed by atoms with Crippen LogP contribution in [0.15, 0.2) is 0 Å². The third-order valence-corrected chi connectivity index (χ3v) is 6.33. The zero-order chi connectivity index (χ0) is 16.0. The summed E-state index contributed by atoms with van der Waals surface area (Å²) >= 11 is 0. The Kier molecular flexibility index (Phi) is 3.95. The lowest BCUT2D eigenvalue weighted by molar-refractivity contribution is -0.130. The highest BCUT2D eigenvalue weighted by molar-refractivity contribution is 7.90. The first-order chi connectivity index (χ1) is 10.3. The molecule has 2 atom stereocenters.